The quantitative estimate of drug-likeness (QED) is 0.575. The highest BCUT2D eigenvalue weighted by atomic mass is 16.4. The molecule has 0 radical (unpaired) electrons. The van der Waals surface area contributed by atoms with Crippen LogP contribution in [0.4, 0.5) is 0 Å². The number of aliphatic hydroxyl groups excluding tert-OH is 1. The van der Waals surface area contributed by atoms with Gasteiger partial charge >= 0.3 is 5.97 Å². The molecule has 1 heterocycles. The second-order valence-electron chi connectivity index (χ2n) is 4.26. The van der Waals surface area contributed by atoms with Crippen LogP contribution >= 0.6 is 0 Å². The van der Waals surface area contributed by atoms with E-state index < -0.39 is 11.6 Å². The Morgan fingerprint density at radius 2 is 2.24 bits per heavy atom. The number of carboxylic acid groups (broad SMARTS) is 1. The molecule has 0 saturated carbocycles. The first kappa shape index (κ1) is 13.7. The maximum absolute atomic E-state index is 10.6. The van der Waals surface area contributed by atoms with Crippen molar-refractivity contribution in [1.82, 2.24) is 5.32 Å². The van der Waals surface area contributed by atoms with Gasteiger partial charge in [0, 0.05) is 6.54 Å². The smallest absolute Gasteiger partial charge is 0.371 e. The Hall–Kier alpha value is -1.37. The zero-order chi connectivity index (χ0) is 13.1. The lowest BCUT2D eigenvalue weighted by Gasteiger charge is -2.22. The number of furan rings is 1. The van der Waals surface area contributed by atoms with Gasteiger partial charge in [0.25, 0.3) is 0 Å². The third-order valence-corrected chi connectivity index (χ3v) is 2.39. The normalized spacial score (nSPS) is 16.5. The second-order valence-corrected chi connectivity index (χ2v) is 4.26. The van der Waals surface area contributed by atoms with Crippen molar-refractivity contribution in [3.8, 4) is 0 Å². The van der Waals surface area contributed by atoms with Crippen molar-refractivity contribution in [3.63, 3.8) is 0 Å². The number of carboxylic acids is 1. The number of rotatable bonds is 6. The van der Waals surface area contributed by atoms with Crippen molar-refractivity contribution in [1.29, 1.82) is 0 Å². The van der Waals surface area contributed by atoms with Crippen LogP contribution in [0.2, 0.25) is 0 Å². The molecule has 0 aliphatic carbocycles. The topological polar surface area (TPSA) is 103 Å². The molecule has 0 bridgehead atoms. The highest BCUT2D eigenvalue weighted by Crippen LogP contribution is 2.16. The van der Waals surface area contributed by atoms with E-state index in [0.717, 1.165) is 0 Å². The first-order valence-electron chi connectivity index (χ1n) is 5.25. The Bertz CT molecular complexity index is 385. The first-order chi connectivity index (χ1) is 7.85. The van der Waals surface area contributed by atoms with Gasteiger partial charge in [-0.3, -0.25) is 0 Å². The van der Waals surface area contributed by atoms with Gasteiger partial charge in [0.2, 0.25) is 5.76 Å². The lowest BCUT2D eigenvalue weighted by molar-refractivity contribution is 0.000606. The van der Waals surface area contributed by atoms with Gasteiger partial charge in [-0.25, -0.2) is 4.79 Å². The maximum Gasteiger partial charge on any atom is 0.371 e. The fourth-order valence-electron chi connectivity index (χ4n) is 1.23. The van der Waals surface area contributed by atoms with Crippen molar-refractivity contribution >= 4 is 5.97 Å². The van der Waals surface area contributed by atoms with Crippen molar-refractivity contribution in [2.45, 2.75) is 25.5 Å². The van der Waals surface area contributed by atoms with Gasteiger partial charge in [-0.2, -0.15) is 0 Å². The minimum absolute atomic E-state index is 0.123. The standard InChI is InChI=1S/C11H17NO5/c1-7(12-5-11(2,16)6-13)8-3-4-9(17-8)10(14)15/h3-4,7,12-13,16H,5-6H2,1-2H3,(H,14,15). The number of carbonyl (C=O) groups is 1. The molecule has 2 atom stereocenters. The zero-order valence-electron chi connectivity index (χ0n) is 9.80. The fraction of sp³-hybridized carbons (Fsp3) is 0.545. The summed E-state index contributed by atoms with van der Waals surface area (Å²) in [6, 6.07) is 2.69. The van der Waals surface area contributed by atoms with Gasteiger partial charge in [0.15, 0.2) is 0 Å². The summed E-state index contributed by atoms with van der Waals surface area (Å²) >= 11 is 0. The summed E-state index contributed by atoms with van der Waals surface area (Å²) < 4.78 is 5.10. The number of aromatic carboxylic acids is 1. The third kappa shape index (κ3) is 3.85. The molecular weight excluding hydrogens is 226 g/mol. The summed E-state index contributed by atoms with van der Waals surface area (Å²) in [6.07, 6.45) is 0. The molecule has 6 heteroatoms. The lowest BCUT2D eigenvalue weighted by atomic mass is 10.1. The molecule has 6 nitrogen and oxygen atoms in total. The van der Waals surface area contributed by atoms with Crippen LogP contribution in [0.1, 0.15) is 36.2 Å². The molecule has 1 aromatic heterocycles. The van der Waals surface area contributed by atoms with Gasteiger partial charge in [-0.05, 0) is 26.0 Å². The SMILES string of the molecule is CC(NCC(C)(O)CO)c1ccc(C(=O)O)o1. The molecule has 0 aliphatic heterocycles. The average Bonchev–Trinajstić information content (AvgIpc) is 2.75. The van der Waals surface area contributed by atoms with Gasteiger partial charge in [-0.15, -0.1) is 0 Å². The van der Waals surface area contributed by atoms with Crippen LogP contribution in [0.3, 0.4) is 0 Å². The molecule has 0 spiro atoms. The van der Waals surface area contributed by atoms with E-state index in [1.165, 1.54) is 13.0 Å². The van der Waals surface area contributed by atoms with Crippen molar-refractivity contribution in [2.24, 2.45) is 0 Å². The first-order valence-corrected chi connectivity index (χ1v) is 5.25. The average molecular weight is 243 g/mol. The fourth-order valence-corrected chi connectivity index (χ4v) is 1.23. The summed E-state index contributed by atoms with van der Waals surface area (Å²) in [5.41, 5.74) is -1.21. The molecular formula is C11H17NO5. The number of aliphatic hydroxyl groups is 2. The molecule has 4 N–H and O–H groups in total. The van der Waals surface area contributed by atoms with E-state index in [2.05, 4.69) is 5.32 Å². The van der Waals surface area contributed by atoms with Gasteiger partial charge in [0.1, 0.15) is 5.76 Å². The van der Waals surface area contributed by atoms with Crippen LogP contribution < -0.4 is 5.32 Å². The molecule has 1 rings (SSSR count). The Kier molecular flexibility index (Phi) is 4.28. The molecule has 0 aromatic carbocycles. The second kappa shape index (κ2) is 5.31. The zero-order valence-corrected chi connectivity index (χ0v) is 9.80. The number of nitrogens with one attached hydrogen (secondary N) is 1. The molecule has 96 valence electrons. The summed E-state index contributed by atoms with van der Waals surface area (Å²) in [5, 5.41) is 30.1. The highest BCUT2D eigenvalue weighted by Gasteiger charge is 2.21. The Morgan fingerprint density at radius 1 is 1.59 bits per heavy atom. The highest BCUT2D eigenvalue weighted by molar-refractivity contribution is 5.84. The summed E-state index contributed by atoms with van der Waals surface area (Å²) in [4.78, 5) is 10.6. The maximum atomic E-state index is 10.6. The summed E-state index contributed by atoms with van der Waals surface area (Å²) in [5.74, 6) is -0.774. The minimum Gasteiger partial charge on any atom is -0.475 e. The molecule has 0 aliphatic rings. The van der Waals surface area contributed by atoms with E-state index in [9.17, 15) is 9.90 Å². The van der Waals surface area contributed by atoms with E-state index in [0.29, 0.717) is 5.76 Å². The molecule has 0 saturated heterocycles. The van der Waals surface area contributed by atoms with Crippen LogP contribution in [0.15, 0.2) is 16.5 Å². The predicted molar refractivity (Wildman–Crippen MR) is 59.8 cm³/mol. The van der Waals surface area contributed by atoms with Crippen LogP contribution in [0.25, 0.3) is 0 Å². The van der Waals surface area contributed by atoms with Crippen molar-refractivity contribution in [2.75, 3.05) is 13.2 Å². The summed E-state index contributed by atoms with van der Waals surface area (Å²) in [7, 11) is 0. The van der Waals surface area contributed by atoms with Gasteiger partial charge < -0.3 is 25.1 Å². The van der Waals surface area contributed by atoms with E-state index in [1.807, 2.05) is 0 Å². The lowest BCUT2D eigenvalue weighted by Crippen LogP contribution is -2.41. The van der Waals surface area contributed by atoms with Gasteiger partial charge in [0.05, 0.1) is 18.2 Å². The van der Waals surface area contributed by atoms with Crippen LogP contribution in [-0.4, -0.2) is 40.0 Å². The largest absolute Gasteiger partial charge is 0.475 e. The monoisotopic (exact) mass is 243 g/mol. The molecule has 1 aromatic rings. The molecule has 0 amide bonds. The predicted octanol–water partition coefficient (Wildman–Crippen LogP) is 0.372. The van der Waals surface area contributed by atoms with E-state index in [1.54, 1.807) is 13.0 Å². The summed E-state index contributed by atoms with van der Waals surface area (Å²) in [6.45, 7) is 3.09. The molecule has 0 fully saturated rings. The van der Waals surface area contributed by atoms with Crippen molar-refractivity contribution in [3.05, 3.63) is 23.7 Å². The van der Waals surface area contributed by atoms with Gasteiger partial charge in [-0.1, -0.05) is 0 Å². The van der Waals surface area contributed by atoms with Crippen LogP contribution in [0.5, 0.6) is 0 Å². The molecule has 17 heavy (non-hydrogen) atoms. The van der Waals surface area contributed by atoms with E-state index >= 15 is 0 Å². The third-order valence-electron chi connectivity index (χ3n) is 2.39. The van der Waals surface area contributed by atoms with E-state index in [4.69, 9.17) is 14.6 Å². The molecule has 2 unspecified atom stereocenters. The van der Waals surface area contributed by atoms with Crippen LogP contribution in [-0.2, 0) is 0 Å². The minimum atomic E-state index is -1.21. The van der Waals surface area contributed by atoms with E-state index in [-0.39, 0.29) is 25.0 Å². The number of hydrogen-bond donors (Lipinski definition) is 4. The van der Waals surface area contributed by atoms with Crippen LogP contribution in [0, 0.1) is 0 Å². The van der Waals surface area contributed by atoms with Crippen molar-refractivity contribution < 1.29 is 24.5 Å². The number of hydrogen-bond acceptors (Lipinski definition) is 5. The Morgan fingerprint density at radius 3 is 2.71 bits per heavy atom. The Labute approximate surface area is 98.9 Å². The Balaban J connectivity index is 2.58.